The Bertz CT molecular complexity index is 615. The fourth-order valence-electron chi connectivity index (χ4n) is 1.98. The van der Waals surface area contributed by atoms with Gasteiger partial charge in [0.2, 0.25) is 0 Å². The molecule has 1 aliphatic heterocycles. The van der Waals surface area contributed by atoms with Crippen molar-refractivity contribution in [1.29, 1.82) is 0 Å². The molecule has 1 N–H and O–H groups in total. The molecule has 1 aromatic rings. The van der Waals surface area contributed by atoms with E-state index in [1.54, 1.807) is 6.92 Å². The zero-order valence-corrected chi connectivity index (χ0v) is 15.1. The molecule has 118 valence electrons. The van der Waals surface area contributed by atoms with Gasteiger partial charge in [-0.15, -0.1) is 11.3 Å². The molecule has 0 aromatic carbocycles. The highest BCUT2D eigenvalue weighted by Gasteiger charge is 2.39. The van der Waals surface area contributed by atoms with E-state index >= 15 is 0 Å². The Labute approximate surface area is 140 Å². The zero-order chi connectivity index (χ0) is 15.6. The van der Waals surface area contributed by atoms with Crippen molar-refractivity contribution in [1.82, 2.24) is 9.62 Å². The molecule has 21 heavy (non-hydrogen) atoms. The first-order valence-corrected chi connectivity index (χ1v) is 9.64. The second kappa shape index (κ2) is 6.93. The lowest BCUT2D eigenvalue weighted by Crippen LogP contribution is -2.57. The second-order valence-electron chi connectivity index (χ2n) is 4.27. The number of piperazine rings is 1. The van der Waals surface area contributed by atoms with Crippen LogP contribution in [0.5, 0.6) is 0 Å². The molecule has 1 fully saturated rings. The van der Waals surface area contributed by atoms with Gasteiger partial charge in [-0.2, -0.15) is 4.31 Å². The smallest absolute Gasteiger partial charge is 0.325 e. The summed E-state index contributed by atoms with van der Waals surface area (Å²) < 4.78 is 32.2. The third kappa shape index (κ3) is 3.59. The van der Waals surface area contributed by atoms with Gasteiger partial charge in [-0.1, -0.05) is 11.6 Å². The largest absolute Gasteiger partial charge is 0.465 e. The van der Waals surface area contributed by atoms with Gasteiger partial charge in [-0.3, -0.25) is 4.79 Å². The summed E-state index contributed by atoms with van der Waals surface area (Å²) in [6.45, 7) is 2.81. The molecule has 2 rings (SSSR count). The molecule has 0 saturated carbocycles. The minimum atomic E-state index is -3.78. The van der Waals surface area contributed by atoms with Crippen LogP contribution in [0.3, 0.4) is 0 Å². The van der Waals surface area contributed by atoms with Crippen LogP contribution in [0.4, 0.5) is 0 Å². The molecule has 1 atom stereocenters. The third-order valence-electron chi connectivity index (χ3n) is 2.94. The number of thiophene rings is 1. The number of ether oxygens (including phenoxy) is 1. The van der Waals surface area contributed by atoms with Crippen molar-refractivity contribution in [2.24, 2.45) is 0 Å². The Morgan fingerprint density at radius 1 is 1.67 bits per heavy atom. The monoisotopic (exact) mass is 416 g/mol. The van der Waals surface area contributed by atoms with E-state index in [1.807, 2.05) is 0 Å². The molecular weight excluding hydrogens is 404 g/mol. The number of carbonyl (C=O) groups is 1. The lowest BCUT2D eigenvalue weighted by molar-refractivity contribution is -0.148. The number of halogens is 2. The summed E-state index contributed by atoms with van der Waals surface area (Å²) in [5, 5.41) is 3.34. The van der Waals surface area contributed by atoms with Crippen molar-refractivity contribution >= 4 is 54.9 Å². The fourth-order valence-corrected chi connectivity index (χ4v) is 6.09. The number of nitrogens with zero attached hydrogens (tertiary/aromatic N) is 1. The van der Waals surface area contributed by atoms with Crippen LogP contribution >= 0.6 is 38.9 Å². The van der Waals surface area contributed by atoms with Gasteiger partial charge in [0.1, 0.15) is 10.3 Å². The van der Waals surface area contributed by atoms with Crippen LogP contribution < -0.4 is 5.32 Å². The summed E-state index contributed by atoms with van der Waals surface area (Å²) in [4.78, 5) is 12.0. The molecule has 0 amide bonds. The molecule has 2 heterocycles. The van der Waals surface area contributed by atoms with E-state index in [4.69, 9.17) is 16.3 Å². The van der Waals surface area contributed by atoms with Gasteiger partial charge >= 0.3 is 5.97 Å². The Balaban J connectivity index is 2.33. The lowest BCUT2D eigenvalue weighted by Gasteiger charge is -2.32. The summed E-state index contributed by atoms with van der Waals surface area (Å²) in [6.07, 6.45) is 0. The molecule has 1 aromatic heterocycles. The van der Waals surface area contributed by atoms with Crippen molar-refractivity contribution in [3.8, 4) is 0 Å². The van der Waals surface area contributed by atoms with Gasteiger partial charge in [0, 0.05) is 19.6 Å². The van der Waals surface area contributed by atoms with E-state index in [9.17, 15) is 13.2 Å². The SMILES string of the molecule is CCOC(=O)C1CNCCN1S(=O)(=O)c1cc(Cl)c(Br)s1. The average molecular weight is 418 g/mol. The predicted octanol–water partition coefficient (Wildman–Crippen LogP) is 1.69. The highest BCUT2D eigenvalue weighted by Crippen LogP contribution is 2.36. The highest BCUT2D eigenvalue weighted by atomic mass is 79.9. The fraction of sp³-hybridized carbons (Fsp3) is 0.545. The van der Waals surface area contributed by atoms with Crippen LogP contribution in [0.15, 0.2) is 14.1 Å². The van der Waals surface area contributed by atoms with Gasteiger partial charge in [0.25, 0.3) is 10.0 Å². The lowest BCUT2D eigenvalue weighted by atomic mass is 10.2. The molecule has 0 aliphatic carbocycles. The first-order valence-electron chi connectivity index (χ1n) is 6.22. The maximum absolute atomic E-state index is 12.7. The van der Waals surface area contributed by atoms with Crippen molar-refractivity contribution in [3.05, 3.63) is 14.9 Å². The minimum absolute atomic E-state index is 0.107. The van der Waals surface area contributed by atoms with Crippen LogP contribution in [-0.2, 0) is 19.6 Å². The van der Waals surface area contributed by atoms with Gasteiger partial charge < -0.3 is 10.1 Å². The topological polar surface area (TPSA) is 75.7 Å². The number of hydrogen-bond donors (Lipinski definition) is 1. The Morgan fingerprint density at radius 3 is 2.95 bits per heavy atom. The third-order valence-corrected chi connectivity index (χ3v) is 7.77. The quantitative estimate of drug-likeness (QED) is 0.755. The summed E-state index contributed by atoms with van der Waals surface area (Å²) in [7, 11) is -3.78. The molecule has 0 spiro atoms. The van der Waals surface area contributed by atoms with Crippen LogP contribution in [0.2, 0.25) is 5.02 Å². The number of carbonyl (C=O) groups excluding carboxylic acids is 1. The Morgan fingerprint density at radius 2 is 2.38 bits per heavy atom. The maximum Gasteiger partial charge on any atom is 0.325 e. The van der Waals surface area contributed by atoms with E-state index in [0.29, 0.717) is 15.4 Å². The minimum Gasteiger partial charge on any atom is -0.465 e. The van der Waals surface area contributed by atoms with E-state index in [-0.39, 0.29) is 23.9 Å². The van der Waals surface area contributed by atoms with E-state index in [2.05, 4.69) is 21.2 Å². The van der Waals surface area contributed by atoms with Crippen molar-refractivity contribution in [3.63, 3.8) is 0 Å². The first kappa shape index (κ1) is 17.2. The average Bonchev–Trinajstić information content (AvgIpc) is 2.80. The molecule has 0 radical (unpaired) electrons. The van der Waals surface area contributed by atoms with Crippen molar-refractivity contribution in [2.75, 3.05) is 26.2 Å². The first-order chi connectivity index (χ1) is 9.87. The maximum atomic E-state index is 12.7. The summed E-state index contributed by atoms with van der Waals surface area (Å²) in [6, 6.07) is 0.527. The Hall–Kier alpha value is -0.190. The number of nitrogens with one attached hydrogen (secondary N) is 1. The standard InChI is InChI=1S/C11H14BrClN2O4S2/c1-2-19-11(16)8-6-14-3-4-15(8)21(17,18)9-5-7(13)10(12)20-9/h5,8,14H,2-4,6H2,1H3. The van der Waals surface area contributed by atoms with Gasteiger partial charge in [0.05, 0.1) is 15.4 Å². The van der Waals surface area contributed by atoms with Crippen LogP contribution in [0, 0.1) is 0 Å². The van der Waals surface area contributed by atoms with Crippen LogP contribution in [0.1, 0.15) is 6.92 Å². The molecule has 10 heteroatoms. The molecular formula is C11H14BrClN2O4S2. The van der Waals surface area contributed by atoms with Crippen molar-refractivity contribution < 1.29 is 17.9 Å². The molecule has 0 bridgehead atoms. The summed E-state index contributed by atoms with van der Waals surface area (Å²) >= 11 is 10.1. The van der Waals surface area contributed by atoms with Crippen LogP contribution in [-0.4, -0.2) is 51.0 Å². The second-order valence-corrected chi connectivity index (χ2v) is 9.17. The van der Waals surface area contributed by atoms with Gasteiger partial charge in [0.15, 0.2) is 0 Å². The number of rotatable bonds is 4. The number of sulfonamides is 1. The van der Waals surface area contributed by atoms with Crippen LogP contribution in [0.25, 0.3) is 0 Å². The Kier molecular flexibility index (Phi) is 5.66. The normalized spacial score (nSPS) is 20.4. The molecule has 6 nitrogen and oxygen atoms in total. The van der Waals surface area contributed by atoms with E-state index in [1.165, 1.54) is 10.4 Å². The van der Waals surface area contributed by atoms with E-state index < -0.39 is 22.0 Å². The summed E-state index contributed by atoms with van der Waals surface area (Å²) in [5.41, 5.74) is 0. The van der Waals surface area contributed by atoms with E-state index in [0.717, 1.165) is 11.3 Å². The van der Waals surface area contributed by atoms with Crippen molar-refractivity contribution in [2.45, 2.75) is 17.2 Å². The predicted molar refractivity (Wildman–Crippen MR) is 84.2 cm³/mol. The molecule has 1 aliphatic rings. The number of hydrogen-bond acceptors (Lipinski definition) is 6. The highest BCUT2D eigenvalue weighted by molar-refractivity contribution is 9.11. The zero-order valence-electron chi connectivity index (χ0n) is 11.1. The van der Waals surface area contributed by atoms with Gasteiger partial charge in [-0.05, 0) is 28.9 Å². The molecule has 1 saturated heterocycles. The summed E-state index contributed by atoms with van der Waals surface area (Å²) in [5.74, 6) is -0.546. The molecule has 1 unspecified atom stereocenters. The number of esters is 1. The van der Waals surface area contributed by atoms with Gasteiger partial charge in [-0.25, -0.2) is 8.42 Å².